The lowest BCUT2D eigenvalue weighted by molar-refractivity contribution is -0.139. The molecule has 1 aromatic rings. The summed E-state index contributed by atoms with van der Waals surface area (Å²) in [5, 5.41) is 21.5. The van der Waals surface area contributed by atoms with E-state index in [9.17, 15) is 14.6 Å². The van der Waals surface area contributed by atoms with Crippen LogP contribution >= 0.6 is 0 Å². The van der Waals surface area contributed by atoms with Crippen LogP contribution in [0.4, 0.5) is 0 Å². The van der Waals surface area contributed by atoms with Gasteiger partial charge in [0.15, 0.2) is 0 Å². The molecule has 2 rings (SSSR count). The quantitative estimate of drug-likeness (QED) is 0.345. The third kappa shape index (κ3) is 7.58. The fourth-order valence-electron chi connectivity index (χ4n) is 2.98. The Morgan fingerprint density at radius 1 is 1.33 bits per heavy atom. The molecule has 1 saturated heterocycles. The molecule has 1 amide bonds. The largest absolute Gasteiger partial charge is 0.494 e. The van der Waals surface area contributed by atoms with Gasteiger partial charge in [-0.15, -0.1) is 0 Å². The lowest BCUT2D eigenvalue weighted by Gasteiger charge is -2.30. The highest BCUT2D eigenvalue weighted by Gasteiger charge is 2.36. The van der Waals surface area contributed by atoms with Crippen molar-refractivity contribution in [2.75, 3.05) is 13.2 Å². The van der Waals surface area contributed by atoms with Crippen molar-refractivity contribution in [1.82, 2.24) is 5.32 Å². The van der Waals surface area contributed by atoms with Crippen molar-refractivity contribution < 1.29 is 29.1 Å². The van der Waals surface area contributed by atoms with E-state index in [1.807, 2.05) is 24.3 Å². The smallest absolute Gasteiger partial charge is 0.478 e. The van der Waals surface area contributed by atoms with E-state index in [1.54, 1.807) is 0 Å². The highest BCUT2D eigenvalue weighted by atomic mass is 16.5. The standard InChI is InChI=1S/C18H27BN2O6/c20-8-1-2-9-26-14-5-3-4-13(10-14)11-17(22)21-16-7-6-15(12-18(23)24)27-19(16)25/h3-5,10,15-16,25H,1-2,6-9,11-12,20H2,(H,21,22)(H,23,24)/t15-,16-/m0/s1. The van der Waals surface area contributed by atoms with Crippen molar-refractivity contribution in [2.45, 2.75) is 50.6 Å². The molecule has 1 aliphatic heterocycles. The molecule has 1 heterocycles. The number of benzene rings is 1. The Morgan fingerprint density at radius 2 is 2.15 bits per heavy atom. The number of carbonyl (C=O) groups excluding carboxylic acids is 1. The summed E-state index contributed by atoms with van der Waals surface area (Å²) in [5.74, 6) is -1.05. The SMILES string of the molecule is NCCCCOc1cccc(CC(=O)N[C@H]2CC[C@@H](CC(=O)O)OB2O)c1. The molecule has 1 aliphatic rings. The van der Waals surface area contributed by atoms with Gasteiger partial charge in [-0.3, -0.25) is 9.59 Å². The Balaban J connectivity index is 1.79. The highest BCUT2D eigenvalue weighted by Crippen LogP contribution is 2.19. The molecule has 1 aromatic carbocycles. The minimum atomic E-state index is -1.20. The average molecular weight is 378 g/mol. The molecule has 0 saturated carbocycles. The van der Waals surface area contributed by atoms with Crippen molar-refractivity contribution in [3.05, 3.63) is 29.8 Å². The third-order valence-corrected chi connectivity index (χ3v) is 4.35. The van der Waals surface area contributed by atoms with Gasteiger partial charge in [-0.05, 0) is 49.9 Å². The Labute approximate surface area is 159 Å². The maximum Gasteiger partial charge on any atom is 0.478 e. The minimum Gasteiger partial charge on any atom is -0.494 e. The van der Waals surface area contributed by atoms with Crippen LogP contribution in [0, 0.1) is 0 Å². The predicted molar refractivity (Wildman–Crippen MR) is 100 cm³/mol. The molecule has 0 spiro atoms. The average Bonchev–Trinajstić information content (AvgIpc) is 2.61. The summed E-state index contributed by atoms with van der Waals surface area (Å²) >= 11 is 0. The van der Waals surface area contributed by atoms with Crippen LogP contribution in [0.5, 0.6) is 5.75 Å². The van der Waals surface area contributed by atoms with E-state index in [-0.39, 0.29) is 18.7 Å². The normalized spacial score (nSPS) is 19.6. The van der Waals surface area contributed by atoms with Crippen molar-refractivity contribution in [3.8, 4) is 5.75 Å². The van der Waals surface area contributed by atoms with Crippen LogP contribution in [0.2, 0.25) is 0 Å². The molecule has 0 unspecified atom stereocenters. The number of carbonyl (C=O) groups is 2. The zero-order valence-corrected chi connectivity index (χ0v) is 15.3. The fraction of sp³-hybridized carbons (Fsp3) is 0.556. The van der Waals surface area contributed by atoms with Gasteiger partial charge in [0.2, 0.25) is 5.91 Å². The molecule has 2 atom stereocenters. The first-order chi connectivity index (χ1) is 13.0. The van der Waals surface area contributed by atoms with Crippen LogP contribution in [-0.4, -0.2) is 54.3 Å². The molecular formula is C18H27BN2O6. The number of unbranched alkanes of at least 4 members (excludes halogenated alkanes) is 1. The number of rotatable bonds is 10. The second-order valence-electron chi connectivity index (χ2n) is 6.67. The van der Waals surface area contributed by atoms with Crippen LogP contribution in [0.1, 0.15) is 37.7 Å². The summed E-state index contributed by atoms with van der Waals surface area (Å²) in [4.78, 5) is 23.0. The summed E-state index contributed by atoms with van der Waals surface area (Å²) in [6, 6.07) is 7.32. The summed E-state index contributed by atoms with van der Waals surface area (Å²) < 4.78 is 10.9. The zero-order valence-electron chi connectivity index (χ0n) is 15.3. The number of carboxylic acids is 1. The fourth-order valence-corrected chi connectivity index (χ4v) is 2.98. The number of carboxylic acid groups (broad SMARTS) is 1. The van der Waals surface area contributed by atoms with Gasteiger partial charge in [-0.25, -0.2) is 0 Å². The molecule has 0 aromatic heterocycles. The molecule has 0 bridgehead atoms. The number of hydrogen-bond donors (Lipinski definition) is 4. The number of nitrogens with one attached hydrogen (secondary N) is 1. The number of aliphatic carboxylic acids is 1. The van der Waals surface area contributed by atoms with Crippen LogP contribution < -0.4 is 15.8 Å². The first-order valence-corrected chi connectivity index (χ1v) is 9.24. The summed E-state index contributed by atoms with van der Waals surface area (Å²) in [6.45, 7) is 1.22. The van der Waals surface area contributed by atoms with Crippen LogP contribution in [-0.2, 0) is 20.7 Å². The number of hydrogen-bond acceptors (Lipinski definition) is 6. The Morgan fingerprint density at radius 3 is 2.85 bits per heavy atom. The minimum absolute atomic E-state index is 0.155. The maximum atomic E-state index is 12.3. The van der Waals surface area contributed by atoms with E-state index in [2.05, 4.69) is 5.32 Å². The summed E-state index contributed by atoms with van der Waals surface area (Å²) in [6.07, 6.45) is 2.19. The molecule has 27 heavy (non-hydrogen) atoms. The lowest BCUT2D eigenvalue weighted by Crippen LogP contribution is -2.53. The van der Waals surface area contributed by atoms with E-state index in [4.69, 9.17) is 20.2 Å². The third-order valence-electron chi connectivity index (χ3n) is 4.35. The Bertz CT molecular complexity index is 630. The van der Waals surface area contributed by atoms with Crippen molar-refractivity contribution in [2.24, 2.45) is 5.73 Å². The first kappa shape index (κ1) is 21.2. The van der Waals surface area contributed by atoms with E-state index in [0.717, 1.165) is 18.4 Å². The summed E-state index contributed by atoms with van der Waals surface area (Å²) in [5.41, 5.74) is 6.25. The van der Waals surface area contributed by atoms with E-state index in [0.29, 0.717) is 31.7 Å². The first-order valence-electron chi connectivity index (χ1n) is 9.24. The lowest BCUT2D eigenvalue weighted by atomic mass is 9.72. The van der Waals surface area contributed by atoms with Gasteiger partial charge in [0, 0.05) is 0 Å². The van der Waals surface area contributed by atoms with Crippen LogP contribution in [0.25, 0.3) is 0 Å². The maximum absolute atomic E-state index is 12.3. The van der Waals surface area contributed by atoms with Crippen LogP contribution in [0.3, 0.4) is 0 Å². The van der Waals surface area contributed by atoms with Crippen LogP contribution in [0.15, 0.2) is 24.3 Å². The van der Waals surface area contributed by atoms with Gasteiger partial charge in [0.1, 0.15) is 5.75 Å². The van der Waals surface area contributed by atoms with Gasteiger partial charge in [0.05, 0.1) is 31.5 Å². The van der Waals surface area contributed by atoms with Gasteiger partial charge >= 0.3 is 13.1 Å². The summed E-state index contributed by atoms with van der Waals surface area (Å²) in [7, 11) is -1.20. The Kier molecular flexibility index (Phi) is 8.57. The second-order valence-corrected chi connectivity index (χ2v) is 6.67. The molecule has 148 valence electrons. The number of nitrogens with two attached hydrogens (primary N) is 1. The molecule has 0 radical (unpaired) electrons. The van der Waals surface area contributed by atoms with Crippen molar-refractivity contribution >= 4 is 19.0 Å². The van der Waals surface area contributed by atoms with E-state index in [1.165, 1.54) is 0 Å². The van der Waals surface area contributed by atoms with E-state index < -0.39 is 25.1 Å². The highest BCUT2D eigenvalue weighted by molar-refractivity contribution is 6.45. The topological polar surface area (TPSA) is 131 Å². The second kappa shape index (κ2) is 10.9. The van der Waals surface area contributed by atoms with Crippen molar-refractivity contribution in [1.29, 1.82) is 0 Å². The van der Waals surface area contributed by atoms with Gasteiger partial charge in [0.25, 0.3) is 0 Å². The molecule has 1 fully saturated rings. The Hall–Kier alpha value is -2.10. The molecule has 9 heteroatoms. The number of amides is 1. The van der Waals surface area contributed by atoms with Gasteiger partial charge in [-0.1, -0.05) is 12.1 Å². The molecule has 8 nitrogen and oxygen atoms in total. The molecule has 5 N–H and O–H groups in total. The zero-order chi connectivity index (χ0) is 19.6. The van der Waals surface area contributed by atoms with Gasteiger partial charge in [-0.2, -0.15) is 0 Å². The predicted octanol–water partition coefficient (Wildman–Crippen LogP) is 0.505. The van der Waals surface area contributed by atoms with Crippen molar-refractivity contribution in [3.63, 3.8) is 0 Å². The molecular weight excluding hydrogens is 351 g/mol. The monoisotopic (exact) mass is 378 g/mol. The van der Waals surface area contributed by atoms with Gasteiger partial charge < -0.3 is 30.6 Å². The van der Waals surface area contributed by atoms with E-state index >= 15 is 0 Å². The number of ether oxygens (including phenoxy) is 1. The molecule has 0 aliphatic carbocycles.